The summed E-state index contributed by atoms with van der Waals surface area (Å²) in [6.07, 6.45) is 1.61. The van der Waals surface area contributed by atoms with Gasteiger partial charge >= 0.3 is 0 Å². The zero-order chi connectivity index (χ0) is 12.7. The molecule has 0 bridgehead atoms. The lowest BCUT2D eigenvalue weighted by atomic mass is 10.2. The fourth-order valence-electron chi connectivity index (χ4n) is 1.24. The van der Waals surface area contributed by atoms with E-state index in [2.05, 4.69) is 32.3 Å². The molecule has 1 aromatic carbocycles. The summed E-state index contributed by atoms with van der Waals surface area (Å²) >= 11 is 0. The van der Waals surface area contributed by atoms with E-state index in [0.29, 0.717) is 5.71 Å². The van der Waals surface area contributed by atoms with Crippen LogP contribution in [0.25, 0.3) is 0 Å². The number of hydrogen-bond acceptors (Lipinski definition) is 5. The molecule has 1 rings (SSSR count). The molecule has 1 N–H and O–H groups in total. The van der Waals surface area contributed by atoms with Crippen LogP contribution >= 0.6 is 0 Å². The van der Waals surface area contributed by atoms with Crippen LogP contribution in [-0.4, -0.2) is 25.7 Å². The summed E-state index contributed by atoms with van der Waals surface area (Å²) in [5, 5.41) is 9.90. The van der Waals surface area contributed by atoms with Gasteiger partial charge in [0.15, 0.2) is 0 Å². The van der Waals surface area contributed by atoms with Crippen LogP contribution in [0.5, 0.6) is 0 Å². The van der Waals surface area contributed by atoms with Crippen LogP contribution in [0.15, 0.2) is 33.5 Å². The van der Waals surface area contributed by atoms with Crippen LogP contribution in [-0.2, 0) is 4.94 Å². The van der Waals surface area contributed by atoms with E-state index in [1.54, 1.807) is 13.1 Å². The fraction of sp³-hybridized carbons (Fsp3) is 0.250. The van der Waals surface area contributed by atoms with Gasteiger partial charge in [-0.05, 0) is 31.5 Å². The Bertz CT molecular complexity index is 452. The number of hydrogen-bond donors (Lipinski definition) is 1. The number of benzene rings is 1. The third-order valence-corrected chi connectivity index (χ3v) is 2.06. The van der Waals surface area contributed by atoms with Crippen molar-refractivity contribution in [2.45, 2.75) is 13.8 Å². The molecule has 0 radical (unpaired) electrons. The van der Waals surface area contributed by atoms with Gasteiger partial charge in [0.25, 0.3) is 0 Å². The molecular weight excluding hydrogens is 216 g/mol. The Hall–Kier alpha value is -2.17. The topological polar surface area (TPSA) is 58.3 Å². The molecule has 0 saturated heterocycles. The van der Waals surface area contributed by atoms with E-state index in [0.717, 1.165) is 16.9 Å². The van der Waals surface area contributed by atoms with Gasteiger partial charge in [-0.15, -0.1) is 0 Å². The first kappa shape index (κ1) is 12.9. The first-order valence-electron chi connectivity index (χ1n) is 5.16. The van der Waals surface area contributed by atoms with Crippen molar-refractivity contribution in [1.82, 2.24) is 0 Å². The molecule has 0 aliphatic carbocycles. The highest BCUT2D eigenvalue weighted by atomic mass is 16.8. The fourth-order valence-corrected chi connectivity index (χ4v) is 1.24. The Morgan fingerprint density at radius 2 is 2.24 bits per heavy atom. The van der Waals surface area contributed by atoms with Crippen LogP contribution in [0.4, 0.5) is 11.4 Å². The van der Waals surface area contributed by atoms with Gasteiger partial charge in [-0.3, -0.25) is 4.99 Å². The average molecular weight is 232 g/mol. The van der Waals surface area contributed by atoms with Gasteiger partial charge in [-0.25, -0.2) is 4.94 Å². The molecule has 0 atom stereocenters. The maximum atomic E-state index is 4.46. The van der Waals surface area contributed by atoms with E-state index in [-0.39, 0.29) is 0 Å². The lowest BCUT2D eigenvalue weighted by molar-refractivity contribution is 0.159. The number of aliphatic imine (C=N–C) groups is 1. The Balaban J connectivity index is 2.90. The minimum Gasteiger partial charge on any atom is -0.386 e. The lowest BCUT2D eigenvalue weighted by Crippen LogP contribution is -1.94. The Morgan fingerprint density at radius 3 is 2.88 bits per heavy atom. The maximum absolute atomic E-state index is 4.46. The molecule has 5 nitrogen and oxygen atoms in total. The predicted octanol–water partition coefficient (Wildman–Crippen LogP) is 2.75. The highest BCUT2D eigenvalue weighted by molar-refractivity contribution is 6.29. The van der Waals surface area contributed by atoms with Crippen molar-refractivity contribution in [2.24, 2.45) is 15.3 Å². The summed E-state index contributed by atoms with van der Waals surface area (Å²) in [6.45, 7) is 6.94. The normalized spacial score (nSPS) is 11.6. The lowest BCUT2D eigenvalue weighted by Gasteiger charge is -2.05. The van der Waals surface area contributed by atoms with Gasteiger partial charge in [-0.2, -0.15) is 0 Å². The highest BCUT2D eigenvalue weighted by Gasteiger charge is 1.98. The standard InChI is InChI=1S/C12H16N4O/c1-9-5-6-11(13-3)12(7-9)15-8-10(2)16-17-14-4/h5-8,13H,4H2,1-3H3/b15-8?,16-10+. The number of aryl methyl sites for hydroxylation is 1. The van der Waals surface area contributed by atoms with Crippen LogP contribution < -0.4 is 5.32 Å². The van der Waals surface area contributed by atoms with E-state index >= 15 is 0 Å². The number of nitrogens with zero attached hydrogens (tertiary/aromatic N) is 3. The van der Waals surface area contributed by atoms with E-state index in [4.69, 9.17) is 0 Å². The molecule has 0 amide bonds. The second kappa shape index (κ2) is 6.42. The van der Waals surface area contributed by atoms with Crippen molar-refractivity contribution in [3.05, 3.63) is 23.8 Å². The van der Waals surface area contributed by atoms with E-state index in [9.17, 15) is 0 Å². The summed E-state index contributed by atoms with van der Waals surface area (Å²) in [7, 11) is 1.86. The third-order valence-electron chi connectivity index (χ3n) is 2.06. The molecule has 0 spiro atoms. The van der Waals surface area contributed by atoms with E-state index in [1.807, 2.05) is 32.2 Å². The summed E-state index contributed by atoms with van der Waals surface area (Å²) in [5.74, 6) is 0. The number of anilines is 1. The van der Waals surface area contributed by atoms with Crippen molar-refractivity contribution in [2.75, 3.05) is 12.4 Å². The quantitative estimate of drug-likeness (QED) is 0.626. The average Bonchev–Trinajstić information content (AvgIpc) is 2.34. The van der Waals surface area contributed by atoms with Gasteiger partial charge in [0, 0.05) is 13.8 Å². The molecular formula is C12H16N4O. The number of rotatable bonds is 5. The minimum atomic E-state index is 0.612. The summed E-state index contributed by atoms with van der Waals surface area (Å²) in [6, 6.07) is 6.00. The smallest absolute Gasteiger partial charge is 0.0981 e. The molecule has 0 aliphatic rings. The minimum absolute atomic E-state index is 0.612. The second-order valence-electron chi connectivity index (χ2n) is 3.47. The molecule has 17 heavy (non-hydrogen) atoms. The largest absolute Gasteiger partial charge is 0.386 e. The second-order valence-corrected chi connectivity index (χ2v) is 3.47. The molecule has 0 aromatic heterocycles. The molecule has 0 unspecified atom stereocenters. The molecule has 90 valence electrons. The Morgan fingerprint density at radius 1 is 1.47 bits per heavy atom. The molecule has 0 saturated carbocycles. The predicted molar refractivity (Wildman–Crippen MR) is 72.6 cm³/mol. The van der Waals surface area contributed by atoms with Gasteiger partial charge in [0.1, 0.15) is 0 Å². The first-order chi connectivity index (χ1) is 8.17. The summed E-state index contributed by atoms with van der Waals surface area (Å²) in [4.78, 5) is 8.79. The highest BCUT2D eigenvalue weighted by Crippen LogP contribution is 2.25. The summed E-state index contributed by atoms with van der Waals surface area (Å²) < 4.78 is 0. The Kier molecular flexibility index (Phi) is 4.87. The van der Waals surface area contributed by atoms with Crippen LogP contribution in [0.3, 0.4) is 0 Å². The maximum Gasteiger partial charge on any atom is 0.0981 e. The molecule has 1 aromatic rings. The van der Waals surface area contributed by atoms with Crippen LogP contribution in [0.1, 0.15) is 12.5 Å². The van der Waals surface area contributed by atoms with Gasteiger partial charge in [-0.1, -0.05) is 16.4 Å². The van der Waals surface area contributed by atoms with Crippen molar-refractivity contribution in [1.29, 1.82) is 0 Å². The molecule has 0 aliphatic heterocycles. The monoisotopic (exact) mass is 232 g/mol. The number of oxime groups is 2. The van der Waals surface area contributed by atoms with Crippen molar-refractivity contribution in [3.8, 4) is 0 Å². The number of nitrogens with one attached hydrogen (secondary N) is 1. The van der Waals surface area contributed by atoms with Crippen molar-refractivity contribution in [3.63, 3.8) is 0 Å². The summed E-state index contributed by atoms with van der Waals surface area (Å²) in [5.41, 5.74) is 3.58. The molecule has 5 heteroatoms. The van der Waals surface area contributed by atoms with Gasteiger partial charge in [0.05, 0.1) is 23.3 Å². The Labute approximate surface area is 101 Å². The van der Waals surface area contributed by atoms with Crippen molar-refractivity contribution >= 4 is 30.0 Å². The van der Waals surface area contributed by atoms with Crippen LogP contribution in [0, 0.1) is 6.92 Å². The SMILES string of the molecule is C=NO/N=C(\C)C=Nc1cc(C)ccc1NC. The van der Waals surface area contributed by atoms with Crippen LogP contribution in [0.2, 0.25) is 0 Å². The van der Waals surface area contributed by atoms with Gasteiger partial charge in [0.2, 0.25) is 0 Å². The zero-order valence-electron chi connectivity index (χ0n) is 10.3. The van der Waals surface area contributed by atoms with E-state index in [1.165, 1.54) is 0 Å². The van der Waals surface area contributed by atoms with Gasteiger partial charge < -0.3 is 5.32 Å². The molecule has 0 heterocycles. The van der Waals surface area contributed by atoms with Crippen molar-refractivity contribution < 1.29 is 4.94 Å². The molecule has 0 fully saturated rings. The van der Waals surface area contributed by atoms with E-state index < -0.39 is 0 Å². The zero-order valence-corrected chi connectivity index (χ0v) is 10.3. The first-order valence-corrected chi connectivity index (χ1v) is 5.16. The third kappa shape index (κ3) is 4.06.